The van der Waals surface area contributed by atoms with E-state index in [1.54, 1.807) is 0 Å². The fraction of sp³-hybridized carbons (Fsp3) is 1.00. The highest BCUT2D eigenvalue weighted by molar-refractivity contribution is 4.71. The highest BCUT2D eigenvalue weighted by atomic mass is 16.5. The van der Waals surface area contributed by atoms with Gasteiger partial charge in [-0.2, -0.15) is 0 Å². The third kappa shape index (κ3) is 1.66. The Morgan fingerprint density at radius 3 is 3.00 bits per heavy atom. The molecule has 2 heteroatoms. The van der Waals surface area contributed by atoms with Crippen molar-refractivity contribution in [1.29, 1.82) is 0 Å². The van der Waals surface area contributed by atoms with Crippen LogP contribution in [0.15, 0.2) is 0 Å². The summed E-state index contributed by atoms with van der Waals surface area (Å²) in [7, 11) is 0. The summed E-state index contributed by atoms with van der Waals surface area (Å²) in [5.41, 5.74) is 5.47. The number of rotatable bonds is 2. The van der Waals surface area contributed by atoms with E-state index in [0.717, 1.165) is 13.2 Å². The minimum Gasteiger partial charge on any atom is -0.378 e. The predicted octanol–water partition coefficient (Wildman–Crippen LogP) is 0.760. The second-order valence-corrected chi connectivity index (χ2v) is 2.76. The zero-order valence-electron chi connectivity index (χ0n) is 5.97. The maximum Gasteiger partial charge on any atom is 0.0613 e. The van der Waals surface area contributed by atoms with E-state index in [-0.39, 0.29) is 0 Å². The first-order chi connectivity index (χ1) is 4.34. The van der Waals surface area contributed by atoms with Gasteiger partial charge in [-0.05, 0) is 25.3 Å². The van der Waals surface area contributed by atoms with Gasteiger partial charge >= 0.3 is 0 Å². The molecule has 0 radical (unpaired) electrons. The molecule has 1 aliphatic rings. The van der Waals surface area contributed by atoms with Crippen LogP contribution in [-0.4, -0.2) is 19.3 Å². The van der Waals surface area contributed by atoms with Crippen molar-refractivity contribution >= 4 is 0 Å². The summed E-state index contributed by atoms with van der Waals surface area (Å²) in [6, 6.07) is 0. The van der Waals surface area contributed by atoms with E-state index in [0.29, 0.717) is 12.0 Å². The Morgan fingerprint density at radius 1 is 1.78 bits per heavy atom. The topological polar surface area (TPSA) is 35.2 Å². The van der Waals surface area contributed by atoms with Gasteiger partial charge in [0.25, 0.3) is 0 Å². The summed E-state index contributed by atoms with van der Waals surface area (Å²) in [4.78, 5) is 0. The molecule has 54 valence electrons. The van der Waals surface area contributed by atoms with E-state index in [2.05, 4.69) is 6.92 Å². The van der Waals surface area contributed by atoms with Gasteiger partial charge in [0.15, 0.2) is 0 Å². The molecule has 9 heavy (non-hydrogen) atoms. The molecule has 0 aromatic carbocycles. The van der Waals surface area contributed by atoms with Gasteiger partial charge in [0.05, 0.1) is 6.10 Å². The van der Waals surface area contributed by atoms with Crippen LogP contribution in [0.5, 0.6) is 0 Å². The van der Waals surface area contributed by atoms with Crippen molar-refractivity contribution in [3.63, 3.8) is 0 Å². The maximum absolute atomic E-state index is 5.47. The smallest absolute Gasteiger partial charge is 0.0613 e. The molecule has 0 saturated carbocycles. The maximum atomic E-state index is 5.47. The highest BCUT2D eigenvalue weighted by Gasteiger charge is 2.20. The van der Waals surface area contributed by atoms with Gasteiger partial charge in [0.2, 0.25) is 0 Å². The monoisotopic (exact) mass is 129 g/mol. The molecule has 1 aliphatic heterocycles. The quantitative estimate of drug-likeness (QED) is 0.597. The van der Waals surface area contributed by atoms with Crippen molar-refractivity contribution in [2.75, 3.05) is 13.2 Å². The largest absolute Gasteiger partial charge is 0.378 e. The minimum absolute atomic E-state index is 0.454. The van der Waals surface area contributed by atoms with Crippen LogP contribution in [0.25, 0.3) is 0 Å². The summed E-state index contributed by atoms with van der Waals surface area (Å²) in [6.45, 7) is 3.84. The number of ether oxygens (including phenoxy) is 1. The predicted molar refractivity (Wildman–Crippen MR) is 37.2 cm³/mol. The molecule has 2 atom stereocenters. The average molecular weight is 129 g/mol. The van der Waals surface area contributed by atoms with Crippen molar-refractivity contribution in [1.82, 2.24) is 0 Å². The first kappa shape index (κ1) is 7.03. The summed E-state index contributed by atoms with van der Waals surface area (Å²) in [6.07, 6.45) is 2.88. The van der Waals surface area contributed by atoms with Crippen LogP contribution < -0.4 is 5.73 Å². The van der Waals surface area contributed by atoms with E-state index in [4.69, 9.17) is 10.5 Å². The Bertz CT molecular complexity index is 79.0. The summed E-state index contributed by atoms with van der Waals surface area (Å²) >= 11 is 0. The Hall–Kier alpha value is -0.0800. The average Bonchev–Trinajstić information content (AvgIpc) is 2.37. The Morgan fingerprint density at radius 2 is 2.56 bits per heavy atom. The van der Waals surface area contributed by atoms with Gasteiger partial charge in [-0.15, -0.1) is 0 Å². The fourth-order valence-electron chi connectivity index (χ4n) is 1.20. The normalized spacial score (nSPS) is 30.7. The molecule has 0 bridgehead atoms. The lowest BCUT2D eigenvalue weighted by Crippen LogP contribution is -2.24. The first-order valence-electron chi connectivity index (χ1n) is 3.66. The zero-order chi connectivity index (χ0) is 6.69. The van der Waals surface area contributed by atoms with Crippen LogP contribution in [0.3, 0.4) is 0 Å². The lowest BCUT2D eigenvalue weighted by atomic mass is 10.0. The molecule has 2 nitrogen and oxygen atoms in total. The first-order valence-corrected chi connectivity index (χ1v) is 3.66. The van der Waals surface area contributed by atoms with Gasteiger partial charge in [0.1, 0.15) is 0 Å². The third-order valence-electron chi connectivity index (χ3n) is 1.97. The molecule has 2 N–H and O–H groups in total. The Labute approximate surface area is 56.4 Å². The summed E-state index contributed by atoms with van der Waals surface area (Å²) in [5.74, 6) is 0.549. The number of nitrogens with two attached hydrogens (primary N) is 1. The van der Waals surface area contributed by atoms with E-state index in [1.165, 1.54) is 12.8 Å². The van der Waals surface area contributed by atoms with Crippen LogP contribution in [0.4, 0.5) is 0 Å². The molecule has 1 heterocycles. The van der Waals surface area contributed by atoms with Gasteiger partial charge in [-0.1, -0.05) is 6.92 Å². The third-order valence-corrected chi connectivity index (χ3v) is 1.97. The van der Waals surface area contributed by atoms with Crippen molar-refractivity contribution < 1.29 is 4.74 Å². The van der Waals surface area contributed by atoms with Gasteiger partial charge in [0, 0.05) is 6.61 Å². The lowest BCUT2D eigenvalue weighted by molar-refractivity contribution is 0.0724. The molecule has 0 amide bonds. The molecule has 1 rings (SSSR count). The van der Waals surface area contributed by atoms with E-state index >= 15 is 0 Å². The van der Waals surface area contributed by atoms with E-state index < -0.39 is 0 Å². The molecule has 0 spiro atoms. The number of hydrogen-bond acceptors (Lipinski definition) is 2. The molecule has 0 aromatic rings. The van der Waals surface area contributed by atoms with Crippen molar-refractivity contribution in [3.8, 4) is 0 Å². The van der Waals surface area contributed by atoms with Crippen molar-refractivity contribution in [2.45, 2.75) is 25.9 Å². The van der Waals surface area contributed by atoms with Crippen LogP contribution >= 0.6 is 0 Å². The molecule has 0 aromatic heterocycles. The molecule has 1 saturated heterocycles. The van der Waals surface area contributed by atoms with E-state index in [1.807, 2.05) is 0 Å². The highest BCUT2D eigenvalue weighted by Crippen LogP contribution is 2.18. The van der Waals surface area contributed by atoms with Crippen LogP contribution in [0, 0.1) is 5.92 Å². The van der Waals surface area contributed by atoms with Crippen molar-refractivity contribution in [3.05, 3.63) is 0 Å². The van der Waals surface area contributed by atoms with Crippen molar-refractivity contribution in [2.24, 2.45) is 11.7 Å². The lowest BCUT2D eigenvalue weighted by Gasteiger charge is -2.15. The molecular weight excluding hydrogens is 114 g/mol. The van der Waals surface area contributed by atoms with Crippen LogP contribution in [0.2, 0.25) is 0 Å². The van der Waals surface area contributed by atoms with Gasteiger partial charge in [-0.3, -0.25) is 0 Å². The van der Waals surface area contributed by atoms with Gasteiger partial charge in [-0.25, -0.2) is 0 Å². The standard InChI is InChI=1S/C7H15NO/c1-6(5-8)7-3-2-4-9-7/h6-7H,2-5,8H2,1H3/t6-,7+/m1/s1. The Kier molecular flexibility index (Phi) is 2.49. The zero-order valence-corrected chi connectivity index (χ0v) is 5.97. The number of hydrogen-bond donors (Lipinski definition) is 1. The minimum atomic E-state index is 0.454. The summed E-state index contributed by atoms with van der Waals surface area (Å²) in [5, 5.41) is 0. The fourth-order valence-corrected chi connectivity index (χ4v) is 1.20. The SMILES string of the molecule is C[C@H](CN)[C@@H]1CCCO1. The summed E-state index contributed by atoms with van der Waals surface area (Å²) < 4.78 is 5.43. The van der Waals surface area contributed by atoms with Gasteiger partial charge < -0.3 is 10.5 Å². The second kappa shape index (κ2) is 3.18. The molecule has 1 fully saturated rings. The van der Waals surface area contributed by atoms with Crippen LogP contribution in [0.1, 0.15) is 19.8 Å². The van der Waals surface area contributed by atoms with Crippen LogP contribution in [-0.2, 0) is 4.74 Å². The molecule has 0 aliphatic carbocycles. The molecule has 0 unspecified atom stereocenters. The van der Waals surface area contributed by atoms with E-state index in [9.17, 15) is 0 Å². The Balaban J connectivity index is 2.24. The second-order valence-electron chi connectivity index (χ2n) is 2.76. The molecular formula is C7H15NO.